The topological polar surface area (TPSA) is 58.4 Å². The predicted octanol–water partition coefficient (Wildman–Crippen LogP) is 2.42. The number of carbonyl (C=O) groups is 2. The highest BCUT2D eigenvalue weighted by molar-refractivity contribution is 14.1. The first-order valence-electron chi connectivity index (χ1n) is 9.03. The minimum atomic E-state index is -0.0201. The molecule has 2 amide bonds. The monoisotopic (exact) mass is 464 g/mol. The molecule has 0 atom stereocenters. The van der Waals surface area contributed by atoms with Gasteiger partial charge in [-0.1, -0.05) is 0 Å². The van der Waals surface area contributed by atoms with E-state index in [-0.39, 0.29) is 11.8 Å². The first-order chi connectivity index (χ1) is 12.6. The quantitative estimate of drug-likeness (QED) is 0.642. The summed E-state index contributed by atoms with van der Waals surface area (Å²) in [6.45, 7) is 3.13. The van der Waals surface area contributed by atoms with Gasteiger partial charge in [-0.25, -0.2) is 0 Å². The molecule has 0 unspecified atom stereocenters. The van der Waals surface area contributed by atoms with Crippen molar-refractivity contribution >= 4 is 34.4 Å². The molecule has 0 radical (unpaired) electrons. The molecule has 3 heterocycles. The van der Waals surface area contributed by atoms with Crippen molar-refractivity contribution in [2.24, 2.45) is 0 Å². The molecular weight excluding hydrogens is 443 g/mol. The zero-order valence-corrected chi connectivity index (χ0v) is 16.7. The summed E-state index contributed by atoms with van der Waals surface area (Å²) < 4.78 is 3.07. The average Bonchev–Trinajstić information content (AvgIpc) is 3.12. The number of halogens is 1. The van der Waals surface area contributed by atoms with Gasteiger partial charge in [0.25, 0.3) is 11.8 Å². The van der Waals surface area contributed by atoms with Gasteiger partial charge in [-0.3, -0.25) is 14.3 Å². The normalized spacial score (nSPS) is 17.1. The third kappa shape index (κ3) is 3.49. The van der Waals surface area contributed by atoms with Gasteiger partial charge in [-0.15, -0.1) is 0 Å². The van der Waals surface area contributed by atoms with E-state index in [2.05, 4.69) is 27.7 Å². The Morgan fingerprint density at radius 3 is 2.19 bits per heavy atom. The lowest BCUT2D eigenvalue weighted by Crippen LogP contribution is -2.50. The number of amides is 2. The molecule has 1 aromatic heterocycles. The third-order valence-electron chi connectivity index (χ3n) is 5.08. The molecule has 6 nitrogen and oxygen atoms in total. The summed E-state index contributed by atoms with van der Waals surface area (Å²) in [5.41, 5.74) is 2.40. The molecular formula is C19H21IN4O2. The van der Waals surface area contributed by atoms with Crippen LogP contribution in [-0.2, 0) is 13.0 Å². The van der Waals surface area contributed by atoms with E-state index < -0.39 is 0 Å². The Hall–Kier alpha value is -1.90. The summed E-state index contributed by atoms with van der Waals surface area (Å²) in [6.07, 6.45) is 3.29. The van der Waals surface area contributed by atoms with Crippen LogP contribution in [0.2, 0.25) is 0 Å². The number of aryl methyl sites for hydroxylation is 2. The van der Waals surface area contributed by atoms with Gasteiger partial charge in [0.1, 0.15) is 0 Å². The second kappa shape index (κ2) is 7.38. The molecule has 0 aliphatic carbocycles. The van der Waals surface area contributed by atoms with Gasteiger partial charge in [-0.05, 0) is 72.2 Å². The Morgan fingerprint density at radius 1 is 0.885 bits per heavy atom. The van der Waals surface area contributed by atoms with E-state index in [9.17, 15) is 9.59 Å². The predicted molar refractivity (Wildman–Crippen MR) is 106 cm³/mol. The lowest BCUT2D eigenvalue weighted by Gasteiger charge is -2.34. The van der Waals surface area contributed by atoms with E-state index in [1.807, 2.05) is 44.8 Å². The van der Waals surface area contributed by atoms with E-state index in [0.29, 0.717) is 37.4 Å². The van der Waals surface area contributed by atoms with E-state index >= 15 is 0 Å². The molecule has 0 saturated carbocycles. The molecule has 26 heavy (non-hydrogen) atoms. The molecule has 1 aromatic carbocycles. The zero-order chi connectivity index (χ0) is 18.1. The van der Waals surface area contributed by atoms with Crippen LogP contribution in [0.5, 0.6) is 0 Å². The highest BCUT2D eigenvalue weighted by Crippen LogP contribution is 2.17. The van der Waals surface area contributed by atoms with Crippen molar-refractivity contribution in [1.82, 2.24) is 19.6 Å². The molecule has 7 heteroatoms. The number of hydrogen-bond acceptors (Lipinski definition) is 3. The molecule has 0 bridgehead atoms. The third-order valence-corrected chi connectivity index (χ3v) is 5.80. The van der Waals surface area contributed by atoms with Crippen molar-refractivity contribution in [1.29, 1.82) is 0 Å². The fraction of sp³-hybridized carbons (Fsp3) is 0.421. The summed E-state index contributed by atoms with van der Waals surface area (Å²) >= 11 is 2.23. The van der Waals surface area contributed by atoms with Crippen LogP contribution in [0.1, 0.15) is 39.4 Å². The lowest BCUT2D eigenvalue weighted by molar-refractivity contribution is 0.0532. The van der Waals surface area contributed by atoms with Crippen LogP contribution < -0.4 is 0 Å². The van der Waals surface area contributed by atoms with Crippen LogP contribution in [0, 0.1) is 3.57 Å². The smallest absolute Gasteiger partial charge is 0.274 e. The minimum Gasteiger partial charge on any atom is -0.335 e. The summed E-state index contributed by atoms with van der Waals surface area (Å²) in [4.78, 5) is 29.0. The highest BCUT2D eigenvalue weighted by atomic mass is 127. The van der Waals surface area contributed by atoms with Crippen molar-refractivity contribution in [2.75, 3.05) is 26.2 Å². The first-order valence-corrected chi connectivity index (χ1v) is 10.1. The number of carbonyl (C=O) groups excluding carboxylic acids is 2. The number of piperazine rings is 1. The van der Waals surface area contributed by atoms with Crippen LogP contribution in [0.4, 0.5) is 0 Å². The summed E-state index contributed by atoms with van der Waals surface area (Å²) in [6, 6.07) is 9.53. The first kappa shape index (κ1) is 17.5. The second-order valence-corrected chi connectivity index (χ2v) is 8.04. The molecule has 2 aromatic rings. The summed E-state index contributed by atoms with van der Waals surface area (Å²) in [5, 5.41) is 4.48. The van der Waals surface area contributed by atoms with Crippen molar-refractivity contribution in [3.05, 3.63) is 50.9 Å². The van der Waals surface area contributed by atoms with Gasteiger partial charge in [0.15, 0.2) is 5.69 Å². The second-order valence-electron chi connectivity index (χ2n) is 6.79. The molecule has 0 spiro atoms. The molecule has 4 rings (SSSR count). The minimum absolute atomic E-state index is 0.0201. The van der Waals surface area contributed by atoms with Gasteiger partial charge in [-0.2, -0.15) is 5.10 Å². The fourth-order valence-corrected chi connectivity index (χ4v) is 3.93. The summed E-state index contributed by atoms with van der Waals surface area (Å²) in [5.74, 6) is 0.0132. The van der Waals surface area contributed by atoms with Crippen LogP contribution in [-0.4, -0.2) is 57.6 Å². The van der Waals surface area contributed by atoms with Gasteiger partial charge < -0.3 is 9.80 Å². The van der Waals surface area contributed by atoms with Crippen molar-refractivity contribution < 1.29 is 9.59 Å². The number of aromatic nitrogens is 2. The Labute approximate surface area is 166 Å². The molecule has 1 fully saturated rings. The Bertz CT molecular complexity index is 799. The number of hydrogen-bond donors (Lipinski definition) is 0. The lowest BCUT2D eigenvalue weighted by atomic mass is 10.1. The Kier molecular flexibility index (Phi) is 4.97. The largest absolute Gasteiger partial charge is 0.335 e. The van der Waals surface area contributed by atoms with E-state index in [4.69, 9.17) is 0 Å². The average molecular weight is 464 g/mol. The number of nitrogens with zero attached hydrogens (tertiary/aromatic N) is 4. The van der Waals surface area contributed by atoms with Crippen molar-refractivity contribution in [3.8, 4) is 0 Å². The number of rotatable bonds is 2. The van der Waals surface area contributed by atoms with Crippen LogP contribution in [0.3, 0.4) is 0 Å². The van der Waals surface area contributed by atoms with E-state index in [1.165, 1.54) is 6.42 Å². The Morgan fingerprint density at radius 2 is 1.54 bits per heavy atom. The van der Waals surface area contributed by atoms with E-state index in [0.717, 1.165) is 28.7 Å². The molecule has 0 N–H and O–H groups in total. The van der Waals surface area contributed by atoms with Crippen LogP contribution in [0.15, 0.2) is 30.3 Å². The SMILES string of the molecule is O=C(c1ccc(I)cc1)N1CCN(C(=O)c2cc3n(n2)CCCC3)CC1. The fourth-order valence-electron chi connectivity index (χ4n) is 3.57. The molecule has 136 valence electrons. The van der Waals surface area contributed by atoms with E-state index in [1.54, 1.807) is 0 Å². The standard InChI is InChI=1S/C19H21IN4O2/c20-15-6-4-14(5-7-15)18(25)22-9-11-23(12-10-22)19(26)17-13-16-3-1-2-8-24(16)21-17/h4-7,13H,1-3,8-12H2. The molecule has 1 saturated heterocycles. The number of fused-ring (bicyclic) bond motifs is 1. The van der Waals surface area contributed by atoms with Crippen molar-refractivity contribution in [2.45, 2.75) is 25.8 Å². The Balaban J connectivity index is 1.38. The van der Waals surface area contributed by atoms with Gasteiger partial charge in [0.2, 0.25) is 0 Å². The van der Waals surface area contributed by atoms with Crippen molar-refractivity contribution in [3.63, 3.8) is 0 Å². The maximum Gasteiger partial charge on any atom is 0.274 e. The zero-order valence-electron chi connectivity index (χ0n) is 14.5. The van der Waals surface area contributed by atoms with Crippen LogP contribution >= 0.6 is 22.6 Å². The maximum atomic E-state index is 12.7. The summed E-state index contributed by atoms with van der Waals surface area (Å²) in [7, 11) is 0. The molecule has 2 aliphatic heterocycles. The van der Waals surface area contributed by atoms with Gasteiger partial charge in [0.05, 0.1) is 0 Å². The highest BCUT2D eigenvalue weighted by Gasteiger charge is 2.27. The number of benzene rings is 1. The van der Waals surface area contributed by atoms with Gasteiger partial charge in [0, 0.05) is 47.6 Å². The molecule has 2 aliphatic rings. The van der Waals surface area contributed by atoms with Crippen LogP contribution in [0.25, 0.3) is 0 Å². The maximum absolute atomic E-state index is 12.7. The van der Waals surface area contributed by atoms with Gasteiger partial charge >= 0.3 is 0 Å².